The smallest absolute Gasteiger partial charge is 0.0916 e. The number of aliphatic hydroxyl groups is 1. The van der Waals surface area contributed by atoms with Crippen LogP contribution in [0.25, 0.3) is 0 Å². The Kier molecular flexibility index (Phi) is 6.31. The normalized spacial score (nSPS) is 25.4. The third-order valence-electron chi connectivity index (χ3n) is 4.91. The molecule has 3 rings (SSSR count). The van der Waals surface area contributed by atoms with Gasteiger partial charge in [-0.25, -0.2) is 0 Å². The van der Waals surface area contributed by atoms with Crippen LogP contribution in [0.5, 0.6) is 0 Å². The average molecular weight is 339 g/mol. The summed E-state index contributed by atoms with van der Waals surface area (Å²) in [6, 6.07) is 7.53. The third kappa shape index (κ3) is 5.16. The lowest BCUT2D eigenvalue weighted by Crippen LogP contribution is -2.45. The number of nitrogens with zero attached hydrogens (tertiary/aromatic N) is 2. The van der Waals surface area contributed by atoms with Crippen LogP contribution >= 0.6 is 11.6 Å². The molecule has 1 N–H and O–H groups in total. The van der Waals surface area contributed by atoms with E-state index in [1.165, 1.54) is 12.8 Å². The summed E-state index contributed by atoms with van der Waals surface area (Å²) in [7, 11) is 0. The Morgan fingerprint density at radius 3 is 2.61 bits per heavy atom. The van der Waals surface area contributed by atoms with Crippen molar-refractivity contribution in [3.63, 3.8) is 0 Å². The zero-order valence-corrected chi connectivity index (χ0v) is 14.4. The minimum atomic E-state index is -0.436. The molecule has 0 aliphatic carbocycles. The van der Waals surface area contributed by atoms with Gasteiger partial charge in [-0.1, -0.05) is 23.7 Å². The van der Waals surface area contributed by atoms with E-state index >= 15 is 0 Å². The first-order valence-electron chi connectivity index (χ1n) is 8.66. The molecule has 23 heavy (non-hydrogen) atoms. The molecule has 0 radical (unpaired) electrons. The van der Waals surface area contributed by atoms with Crippen LogP contribution in [0, 0.1) is 5.92 Å². The maximum atomic E-state index is 10.5. The van der Waals surface area contributed by atoms with E-state index in [1.54, 1.807) is 0 Å². The zero-order chi connectivity index (χ0) is 16.1. The quantitative estimate of drug-likeness (QED) is 0.894. The van der Waals surface area contributed by atoms with E-state index in [-0.39, 0.29) is 0 Å². The molecule has 2 atom stereocenters. The molecule has 0 aromatic heterocycles. The van der Waals surface area contributed by atoms with Gasteiger partial charge in [-0.2, -0.15) is 0 Å². The van der Waals surface area contributed by atoms with Gasteiger partial charge in [0.25, 0.3) is 0 Å². The molecule has 4 nitrogen and oxygen atoms in total. The highest BCUT2D eigenvalue weighted by Crippen LogP contribution is 2.22. The van der Waals surface area contributed by atoms with Crippen molar-refractivity contribution in [3.8, 4) is 0 Å². The monoisotopic (exact) mass is 338 g/mol. The van der Waals surface area contributed by atoms with Gasteiger partial charge in [0, 0.05) is 37.7 Å². The summed E-state index contributed by atoms with van der Waals surface area (Å²) in [6.07, 6.45) is 2.09. The predicted octanol–water partition coefficient (Wildman–Crippen LogP) is 2.42. The Morgan fingerprint density at radius 1 is 1.13 bits per heavy atom. The third-order valence-corrected chi connectivity index (χ3v) is 5.16. The molecule has 128 valence electrons. The number of ether oxygens (including phenoxy) is 1. The minimum absolute atomic E-state index is 0.436. The minimum Gasteiger partial charge on any atom is -0.387 e. The molecule has 2 aliphatic heterocycles. The molecule has 2 saturated heterocycles. The number of hydrogen-bond donors (Lipinski definition) is 1. The second-order valence-corrected chi connectivity index (χ2v) is 7.18. The van der Waals surface area contributed by atoms with Crippen LogP contribution in [-0.2, 0) is 4.74 Å². The summed E-state index contributed by atoms with van der Waals surface area (Å²) in [4.78, 5) is 4.93. The molecule has 2 aliphatic rings. The topological polar surface area (TPSA) is 35.9 Å². The number of hydrogen-bond acceptors (Lipinski definition) is 4. The lowest BCUT2D eigenvalue weighted by molar-refractivity contribution is 0.0187. The van der Waals surface area contributed by atoms with Crippen molar-refractivity contribution in [3.05, 3.63) is 34.9 Å². The van der Waals surface area contributed by atoms with Crippen molar-refractivity contribution in [2.75, 3.05) is 52.5 Å². The first-order valence-corrected chi connectivity index (χ1v) is 9.04. The van der Waals surface area contributed by atoms with Crippen molar-refractivity contribution in [2.45, 2.75) is 18.9 Å². The van der Waals surface area contributed by atoms with Gasteiger partial charge in [-0.05, 0) is 43.0 Å². The van der Waals surface area contributed by atoms with Gasteiger partial charge in [0.2, 0.25) is 0 Å². The van der Waals surface area contributed by atoms with E-state index in [9.17, 15) is 5.11 Å². The summed E-state index contributed by atoms with van der Waals surface area (Å²) in [6.45, 7) is 7.90. The number of piperidine rings is 1. The molecule has 0 bridgehead atoms. The molecular weight excluding hydrogens is 312 g/mol. The van der Waals surface area contributed by atoms with E-state index in [4.69, 9.17) is 16.3 Å². The lowest BCUT2D eigenvalue weighted by Gasteiger charge is -2.37. The Morgan fingerprint density at radius 2 is 1.87 bits per heavy atom. The molecule has 1 aromatic carbocycles. The maximum absolute atomic E-state index is 10.5. The Bertz CT molecular complexity index is 476. The fourth-order valence-electron chi connectivity index (χ4n) is 3.65. The first-order chi connectivity index (χ1) is 11.2. The van der Waals surface area contributed by atoms with Crippen molar-refractivity contribution in [1.29, 1.82) is 0 Å². The van der Waals surface area contributed by atoms with Crippen LogP contribution in [0.4, 0.5) is 0 Å². The van der Waals surface area contributed by atoms with Gasteiger partial charge in [-0.3, -0.25) is 4.90 Å². The van der Waals surface area contributed by atoms with Crippen molar-refractivity contribution in [2.24, 2.45) is 5.92 Å². The van der Waals surface area contributed by atoms with Gasteiger partial charge in [0.05, 0.1) is 19.3 Å². The molecule has 2 fully saturated rings. The van der Waals surface area contributed by atoms with Gasteiger partial charge >= 0.3 is 0 Å². The number of β-amino-alcohol motifs (C(OH)–C–C–N with tert-alkyl or cyclic N) is 1. The van der Waals surface area contributed by atoms with Crippen LogP contribution in [0.1, 0.15) is 24.5 Å². The van der Waals surface area contributed by atoms with Gasteiger partial charge in [0.15, 0.2) is 0 Å². The molecular formula is C18H27ClN2O2. The van der Waals surface area contributed by atoms with Crippen LogP contribution in [0.3, 0.4) is 0 Å². The Labute approximate surface area is 144 Å². The van der Waals surface area contributed by atoms with E-state index in [0.29, 0.717) is 17.5 Å². The second-order valence-electron chi connectivity index (χ2n) is 6.75. The maximum Gasteiger partial charge on any atom is 0.0916 e. The van der Waals surface area contributed by atoms with Crippen LogP contribution in [-0.4, -0.2) is 67.4 Å². The average Bonchev–Trinajstić information content (AvgIpc) is 2.57. The fourth-order valence-corrected chi connectivity index (χ4v) is 3.78. The molecule has 0 spiro atoms. The van der Waals surface area contributed by atoms with Crippen molar-refractivity contribution >= 4 is 11.6 Å². The molecule has 0 amide bonds. The standard InChI is InChI=1S/C18H27ClN2O2/c19-17-5-3-16(4-6-17)18(22)14-21-7-1-2-15(13-21)12-20-8-10-23-11-9-20/h3-6,15,18,22H,1-2,7-14H2. The number of halogens is 1. The highest BCUT2D eigenvalue weighted by atomic mass is 35.5. The highest BCUT2D eigenvalue weighted by molar-refractivity contribution is 6.30. The molecule has 5 heteroatoms. The SMILES string of the molecule is OC(CN1CCCC(CN2CCOCC2)C1)c1ccc(Cl)cc1. The van der Waals surface area contributed by atoms with Gasteiger partial charge in [-0.15, -0.1) is 0 Å². The molecule has 2 heterocycles. The predicted molar refractivity (Wildman–Crippen MR) is 92.8 cm³/mol. The number of aliphatic hydroxyl groups excluding tert-OH is 1. The lowest BCUT2D eigenvalue weighted by atomic mass is 9.96. The molecule has 1 aromatic rings. The summed E-state index contributed by atoms with van der Waals surface area (Å²) in [5.74, 6) is 0.708. The summed E-state index contributed by atoms with van der Waals surface area (Å²) in [5, 5.41) is 11.2. The zero-order valence-electron chi connectivity index (χ0n) is 13.7. The number of benzene rings is 1. The van der Waals surface area contributed by atoms with Gasteiger partial charge in [0.1, 0.15) is 0 Å². The van der Waals surface area contributed by atoms with E-state index in [1.807, 2.05) is 24.3 Å². The van der Waals surface area contributed by atoms with Crippen molar-refractivity contribution in [1.82, 2.24) is 9.80 Å². The van der Waals surface area contributed by atoms with Crippen LogP contribution < -0.4 is 0 Å². The second kappa shape index (κ2) is 8.45. The Balaban J connectivity index is 1.48. The number of likely N-dealkylation sites (tertiary alicyclic amines) is 1. The highest BCUT2D eigenvalue weighted by Gasteiger charge is 2.24. The summed E-state index contributed by atoms with van der Waals surface area (Å²) in [5.41, 5.74) is 0.949. The molecule has 0 saturated carbocycles. The number of rotatable bonds is 5. The fraction of sp³-hybridized carbons (Fsp3) is 0.667. The number of morpholine rings is 1. The first kappa shape index (κ1) is 17.2. The van der Waals surface area contributed by atoms with Crippen molar-refractivity contribution < 1.29 is 9.84 Å². The summed E-state index contributed by atoms with van der Waals surface area (Å²) >= 11 is 5.91. The van der Waals surface area contributed by atoms with Crippen LogP contribution in [0.2, 0.25) is 5.02 Å². The largest absolute Gasteiger partial charge is 0.387 e. The van der Waals surface area contributed by atoms with Gasteiger partial charge < -0.3 is 14.7 Å². The molecule has 2 unspecified atom stereocenters. The summed E-state index contributed by atoms with van der Waals surface area (Å²) < 4.78 is 5.43. The van der Waals surface area contributed by atoms with Crippen LogP contribution in [0.15, 0.2) is 24.3 Å². The van der Waals surface area contributed by atoms with E-state index in [2.05, 4.69) is 9.80 Å². The van der Waals surface area contributed by atoms with E-state index < -0.39 is 6.10 Å². The Hall–Kier alpha value is -0.650. The van der Waals surface area contributed by atoms with E-state index in [0.717, 1.165) is 51.5 Å².